The molecule has 5 heteroatoms. The van der Waals surface area contributed by atoms with Gasteiger partial charge in [-0.3, -0.25) is 4.90 Å². The molecule has 0 N–H and O–H groups in total. The first-order valence-corrected chi connectivity index (χ1v) is 6.81. The van der Waals surface area contributed by atoms with Gasteiger partial charge in [-0.2, -0.15) is 10.4 Å². The molecule has 102 valence electrons. The molecule has 0 unspecified atom stereocenters. The van der Waals surface area contributed by atoms with Gasteiger partial charge in [0.25, 0.3) is 5.88 Å². The Morgan fingerprint density at radius 1 is 1.21 bits per heavy atom. The van der Waals surface area contributed by atoms with Crippen LogP contribution in [-0.2, 0) is 0 Å². The second-order valence-electron chi connectivity index (χ2n) is 4.95. The highest BCUT2D eigenvalue weighted by Crippen LogP contribution is 2.19. The summed E-state index contributed by atoms with van der Waals surface area (Å²) < 4.78 is 5.63. The van der Waals surface area contributed by atoms with Crippen LogP contribution in [0.5, 0.6) is 5.88 Å². The standard InChI is InChI=1S/C14H20N4O/c1-11-12(2)16-17-14(13(11)10-15)19-9-8-18-6-4-3-5-7-18/h3-9H2,1-2H3. The molecule has 5 nitrogen and oxygen atoms in total. The molecule has 1 aliphatic rings. The smallest absolute Gasteiger partial charge is 0.251 e. The van der Waals surface area contributed by atoms with E-state index in [2.05, 4.69) is 21.2 Å². The number of hydrogen-bond donors (Lipinski definition) is 0. The van der Waals surface area contributed by atoms with Crippen molar-refractivity contribution in [2.45, 2.75) is 33.1 Å². The monoisotopic (exact) mass is 260 g/mol. The number of aryl methyl sites for hydroxylation is 1. The molecule has 0 saturated carbocycles. The SMILES string of the molecule is Cc1nnc(OCCN2CCCCC2)c(C#N)c1C. The van der Waals surface area contributed by atoms with Gasteiger partial charge in [-0.05, 0) is 45.3 Å². The van der Waals surface area contributed by atoms with Crippen LogP contribution in [0.1, 0.15) is 36.1 Å². The Kier molecular flexibility index (Phi) is 4.69. The number of likely N-dealkylation sites (tertiary alicyclic amines) is 1. The maximum Gasteiger partial charge on any atom is 0.251 e. The summed E-state index contributed by atoms with van der Waals surface area (Å²) in [6.07, 6.45) is 3.87. The van der Waals surface area contributed by atoms with Crippen molar-refractivity contribution in [3.8, 4) is 11.9 Å². The predicted molar refractivity (Wildman–Crippen MR) is 72.0 cm³/mol. The molecule has 0 radical (unpaired) electrons. The van der Waals surface area contributed by atoms with Crippen LogP contribution in [0.15, 0.2) is 0 Å². The molecule has 1 aliphatic heterocycles. The highest BCUT2D eigenvalue weighted by Gasteiger charge is 2.13. The van der Waals surface area contributed by atoms with Crippen LogP contribution in [-0.4, -0.2) is 41.3 Å². The Hall–Kier alpha value is -1.67. The molecule has 0 spiro atoms. The molecule has 1 aromatic rings. The van der Waals surface area contributed by atoms with Crippen LogP contribution in [0, 0.1) is 25.2 Å². The molecule has 0 atom stereocenters. The topological polar surface area (TPSA) is 62.0 Å². The Morgan fingerprint density at radius 3 is 2.63 bits per heavy atom. The van der Waals surface area contributed by atoms with Crippen LogP contribution in [0.2, 0.25) is 0 Å². The second-order valence-corrected chi connectivity index (χ2v) is 4.95. The van der Waals surface area contributed by atoms with Crippen molar-refractivity contribution in [1.82, 2.24) is 15.1 Å². The lowest BCUT2D eigenvalue weighted by Gasteiger charge is -2.26. The van der Waals surface area contributed by atoms with E-state index in [-0.39, 0.29) is 0 Å². The number of rotatable bonds is 4. The minimum Gasteiger partial charge on any atom is -0.474 e. The van der Waals surface area contributed by atoms with E-state index < -0.39 is 0 Å². The van der Waals surface area contributed by atoms with E-state index in [1.54, 1.807) is 0 Å². The Bertz CT molecular complexity index is 475. The molecule has 2 rings (SSSR count). The number of nitriles is 1. The fourth-order valence-corrected chi connectivity index (χ4v) is 2.27. The molecule has 1 fully saturated rings. The third-order valence-electron chi connectivity index (χ3n) is 3.63. The average molecular weight is 260 g/mol. The van der Waals surface area contributed by atoms with Gasteiger partial charge in [-0.1, -0.05) is 6.42 Å². The first-order valence-electron chi connectivity index (χ1n) is 6.81. The van der Waals surface area contributed by atoms with E-state index in [0.29, 0.717) is 18.1 Å². The lowest BCUT2D eigenvalue weighted by Crippen LogP contribution is -2.33. The van der Waals surface area contributed by atoms with Crippen LogP contribution >= 0.6 is 0 Å². The molecule has 2 heterocycles. The number of aromatic nitrogens is 2. The molecule has 1 aromatic heterocycles. The molecule has 0 amide bonds. The number of piperidine rings is 1. The second kappa shape index (κ2) is 6.48. The minimum atomic E-state index is 0.364. The summed E-state index contributed by atoms with van der Waals surface area (Å²) >= 11 is 0. The van der Waals surface area contributed by atoms with Crippen LogP contribution < -0.4 is 4.74 Å². The lowest BCUT2D eigenvalue weighted by molar-refractivity contribution is 0.179. The normalized spacial score (nSPS) is 16.1. The molecular formula is C14H20N4O. The van der Waals surface area contributed by atoms with Gasteiger partial charge in [0.15, 0.2) is 0 Å². The summed E-state index contributed by atoms with van der Waals surface area (Å²) in [7, 11) is 0. The number of ether oxygens (including phenoxy) is 1. The van der Waals surface area contributed by atoms with Crippen molar-refractivity contribution in [3.05, 3.63) is 16.8 Å². The highest BCUT2D eigenvalue weighted by atomic mass is 16.5. The van der Waals surface area contributed by atoms with E-state index >= 15 is 0 Å². The Morgan fingerprint density at radius 2 is 1.95 bits per heavy atom. The molecule has 19 heavy (non-hydrogen) atoms. The van der Waals surface area contributed by atoms with Gasteiger partial charge in [0.1, 0.15) is 18.2 Å². The maximum atomic E-state index is 9.16. The first kappa shape index (κ1) is 13.8. The molecule has 0 bridgehead atoms. The zero-order chi connectivity index (χ0) is 13.7. The fourth-order valence-electron chi connectivity index (χ4n) is 2.27. The average Bonchev–Trinajstić information content (AvgIpc) is 2.44. The van der Waals surface area contributed by atoms with E-state index in [9.17, 15) is 0 Å². The van der Waals surface area contributed by atoms with Gasteiger partial charge in [-0.25, -0.2) is 0 Å². The Labute approximate surface area is 114 Å². The summed E-state index contributed by atoms with van der Waals surface area (Å²) in [5.41, 5.74) is 2.14. The third kappa shape index (κ3) is 3.42. The van der Waals surface area contributed by atoms with E-state index in [0.717, 1.165) is 30.9 Å². The van der Waals surface area contributed by atoms with Gasteiger partial charge in [0, 0.05) is 6.54 Å². The van der Waals surface area contributed by atoms with Gasteiger partial charge in [-0.15, -0.1) is 5.10 Å². The summed E-state index contributed by atoms with van der Waals surface area (Å²) in [6.45, 7) is 7.46. The summed E-state index contributed by atoms with van der Waals surface area (Å²) in [5, 5.41) is 17.2. The quantitative estimate of drug-likeness (QED) is 0.826. The van der Waals surface area contributed by atoms with E-state index in [4.69, 9.17) is 10.00 Å². The third-order valence-corrected chi connectivity index (χ3v) is 3.63. The van der Waals surface area contributed by atoms with E-state index in [1.165, 1.54) is 19.3 Å². The highest BCUT2D eigenvalue weighted by molar-refractivity contribution is 5.44. The van der Waals surface area contributed by atoms with Crippen molar-refractivity contribution in [3.63, 3.8) is 0 Å². The number of nitrogens with zero attached hydrogens (tertiary/aromatic N) is 4. The van der Waals surface area contributed by atoms with E-state index in [1.807, 2.05) is 13.8 Å². The van der Waals surface area contributed by atoms with Crippen molar-refractivity contribution in [2.75, 3.05) is 26.2 Å². The first-order chi connectivity index (χ1) is 9.22. The molecule has 0 aromatic carbocycles. The van der Waals surface area contributed by atoms with Crippen LogP contribution in [0.3, 0.4) is 0 Å². The minimum absolute atomic E-state index is 0.364. The van der Waals surface area contributed by atoms with Crippen LogP contribution in [0.25, 0.3) is 0 Å². The van der Waals surface area contributed by atoms with Gasteiger partial charge < -0.3 is 4.74 Å². The summed E-state index contributed by atoms with van der Waals surface area (Å²) in [6, 6.07) is 2.15. The van der Waals surface area contributed by atoms with Gasteiger partial charge in [0.05, 0.1) is 5.69 Å². The molecule has 0 aliphatic carbocycles. The van der Waals surface area contributed by atoms with Gasteiger partial charge >= 0.3 is 0 Å². The lowest BCUT2D eigenvalue weighted by atomic mass is 10.1. The zero-order valence-corrected chi connectivity index (χ0v) is 11.6. The maximum absolute atomic E-state index is 9.16. The molecule has 1 saturated heterocycles. The van der Waals surface area contributed by atoms with Crippen LogP contribution in [0.4, 0.5) is 0 Å². The largest absolute Gasteiger partial charge is 0.474 e. The van der Waals surface area contributed by atoms with Crippen molar-refractivity contribution >= 4 is 0 Å². The summed E-state index contributed by atoms with van der Waals surface area (Å²) in [4.78, 5) is 2.39. The van der Waals surface area contributed by atoms with Crippen molar-refractivity contribution in [1.29, 1.82) is 5.26 Å². The van der Waals surface area contributed by atoms with Gasteiger partial charge in [0.2, 0.25) is 0 Å². The molecular weight excluding hydrogens is 240 g/mol. The summed E-state index contributed by atoms with van der Waals surface area (Å²) in [5.74, 6) is 0.364. The zero-order valence-electron chi connectivity index (χ0n) is 11.6. The van der Waals surface area contributed by atoms with Crippen molar-refractivity contribution < 1.29 is 4.74 Å². The predicted octanol–water partition coefficient (Wildman–Crippen LogP) is 1.83. The fraction of sp³-hybridized carbons (Fsp3) is 0.643. The Balaban J connectivity index is 1.92. The van der Waals surface area contributed by atoms with Crippen molar-refractivity contribution in [2.24, 2.45) is 0 Å². The number of hydrogen-bond acceptors (Lipinski definition) is 5.